The van der Waals surface area contributed by atoms with Crippen molar-refractivity contribution in [2.45, 2.75) is 19.3 Å². The van der Waals surface area contributed by atoms with Gasteiger partial charge in [0, 0.05) is 93.0 Å². The molecule has 24 aromatic rings. The SMILES string of the molecule is CC1(C)c2ccccc2-c2ccc3c(c21)c1ccccc1n3-c1nc(-c2ccccc2)nc(-c2ccccc2)n1.c1ccc(-c2cc(-c3ccccc3)nc(-n3c4ccccc4c4c5oc6ccccc6c5ccc43)n2)cc1.c1ccc(-c2nc(-c3ccccc3)nc(-n3c4ccccc4c4c5c6ccccc6n(-c6ccccc6)c5ccc43)n2)cc1. The molecular formula is C109H72N12O. The highest BCUT2D eigenvalue weighted by Gasteiger charge is 2.39. The van der Waals surface area contributed by atoms with Crippen LogP contribution in [-0.2, 0) is 5.41 Å². The minimum atomic E-state index is -0.135. The molecule has 1 aliphatic carbocycles. The van der Waals surface area contributed by atoms with Crippen LogP contribution in [0.1, 0.15) is 25.0 Å². The Morgan fingerprint density at radius 3 is 1.02 bits per heavy atom. The number of para-hydroxylation sites is 6. The van der Waals surface area contributed by atoms with E-state index >= 15 is 0 Å². The molecule has 0 saturated carbocycles. The van der Waals surface area contributed by atoms with Gasteiger partial charge in [0.05, 0.1) is 60.9 Å². The summed E-state index contributed by atoms with van der Waals surface area (Å²) in [6, 6.07) is 138. The molecule has 0 N–H and O–H groups in total. The minimum absolute atomic E-state index is 0.135. The third kappa shape index (κ3) is 11.8. The maximum Gasteiger partial charge on any atom is 0.238 e. The lowest BCUT2D eigenvalue weighted by atomic mass is 9.80. The Morgan fingerprint density at radius 2 is 0.557 bits per heavy atom. The monoisotopic (exact) mass is 1560 g/mol. The predicted molar refractivity (Wildman–Crippen MR) is 497 cm³/mol. The number of fused-ring (bicyclic) bond motifs is 21. The Bertz CT molecular complexity index is 8030. The molecule has 0 saturated heterocycles. The summed E-state index contributed by atoms with van der Waals surface area (Å²) in [5.41, 5.74) is 24.5. The van der Waals surface area contributed by atoms with Gasteiger partial charge in [-0.3, -0.25) is 13.7 Å². The van der Waals surface area contributed by atoms with Gasteiger partial charge in [0.25, 0.3) is 0 Å². The van der Waals surface area contributed by atoms with Crippen molar-refractivity contribution < 1.29 is 4.42 Å². The molecule has 0 atom stereocenters. The second-order valence-electron chi connectivity index (χ2n) is 31.3. The van der Waals surface area contributed by atoms with E-state index in [9.17, 15) is 0 Å². The van der Waals surface area contributed by atoms with Crippen LogP contribution in [0.2, 0.25) is 0 Å². The number of rotatable bonds is 10. The molecule has 0 aliphatic heterocycles. The van der Waals surface area contributed by atoms with Crippen molar-refractivity contribution in [2.24, 2.45) is 0 Å². The Balaban J connectivity index is 0.000000107. The number of hydrogen-bond donors (Lipinski definition) is 0. The fourth-order valence-corrected chi connectivity index (χ4v) is 18.4. The third-order valence-electron chi connectivity index (χ3n) is 23.8. The third-order valence-corrected chi connectivity index (χ3v) is 23.8. The van der Waals surface area contributed by atoms with Gasteiger partial charge in [0.1, 0.15) is 11.2 Å². The molecule has 574 valence electrons. The first-order valence-corrected chi connectivity index (χ1v) is 41.1. The molecule has 122 heavy (non-hydrogen) atoms. The second kappa shape index (κ2) is 29.1. The summed E-state index contributed by atoms with van der Waals surface area (Å²) in [6.45, 7) is 4.68. The predicted octanol–water partition coefficient (Wildman–Crippen LogP) is 26.8. The fourth-order valence-electron chi connectivity index (χ4n) is 18.4. The Labute approximate surface area is 700 Å². The maximum atomic E-state index is 6.45. The number of benzene rings is 16. The van der Waals surface area contributed by atoms with Gasteiger partial charge in [0.15, 0.2) is 23.3 Å². The fraction of sp³-hybridized carbons (Fsp3) is 0.0275. The summed E-state index contributed by atoms with van der Waals surface area (Å²) in [5, 5.41) is 11.7. The van der Waals surface area contributed by atoms with Crippen LogP contribution in [0, 0.1) is 0 Å². The summed E-state index contributed by atoms with van der Waals surface area (Å²) in [7, 11) is 0. The molecule has 13 heteroatoms. The van der Waals surface area contributed by atoms with Gasteiger partial charge in [0.2, 0.25) is 17.8 Å². The van der Waals surface area contributed by atoms with Crippen LogP contribution in [0.5, 0.6) is 0 Å². The van der Waals surface area contributed by atoms with Gasteiger partial charge < -0.3 is 8.98 Å². The van der Waals surface area contributed by atoms with Gasteiger partial charge in [-0.15, -0.1) is 0 Å². The van der Waals surface area contributed by atoms with E-state index in [0.29, 0.717) is 41.1 Å². The van der Waals surface area contributed by atoms with Crippen molar-refractivity contribution in [3.05, 3.63) is 412 Å². The first kappa shape index (κ1) is 71.0. The molecule has 0 amide bonds. The highest BCUT2D eigenvalue weighted by atomic mass is 16.3. The smallest absolute Gasteiger partial charge is 0.238 e. The molecule has 8 aromatic heterocycles. The Kier molecular flexibility index (Phi) is 16.9. The second-order valence-corrected chi connectivity index (χ2v) is 31.3. The van der Waals surface area contributed by atoms with Crippen LogP contribution in [0.15, 0.2) is 405 Å². The largest absolute Gasteiger partial charge is 0.455 e. The van der Waals surface area contributed by atoms with Gasteiger partial charge in [-0.1, -0.05) is 335 Å². The lowest BCUT2D eigenvalue weighted by molar-refractivity contribution is 0.666. The molecule has 13 nitrogen and oxygen atoms in total. The molecule has 0 fully saturated rings. The van der Waals surface area contributed by atoms with E-state index in [2.05, 4.69) is 263 Å². The molecule has 0 bridgehead atoms. The number of aromatic nitrogens is 12. The minimum Gasteiger partial charge on any atom is -0.455 e. The summed E-state index contributed by atoms with van der Waals surface area (Å²) in [4.78, 5) is 40.5. The molecule has 25 rings (SSSR count). The van der Waals surface area contributed by atoms with Crippen molar-refractivity contribution in [3.63, 3.8) is 0 Å². The molecule has 0 spiro atoms. The molecule has 0 unspecified atom stereocenters. The highest BCUT2D eigenvalue weighted by Crippen LogP contribution is 2.54. The van der Waals surface area contributed by atoms with Gasteiger partial charge >= 0.3 is 0 Å². The summed E-state index contributed by atoms with van der Waals surface area (Å²) in [6.07, 6.45) is 0. The maximum absolute atomic E-state index is 6.45. The average molecular weight is 1570 g/mol. The lowest BCUT2D eigenvalue weighted by Crippen LogP contribution is -2.15. The number of hydrogen-bond acceptors (Lipinski definition) is 9. The molecule has 0 radical (unpaired) electrons. The highest BCUT2D eigenvalue weighted by molar-refractivity contribution is 6.29. The van der Waals surface area contributed by atoms with E-state index in [-0.39, 0.29) is 5.41 Å². The van der Waals surface area contributed by atoms with Crippen LogP contribution >= 0.6 is 0 Å². The van der Waals surface area contributed by atoms with E-state index in [4.69, 9.17) is 44.3 Å². The first-order valence-electron chi connectivity index (χ1n) is 41.1. The van der Waals surface area contributed by atoms with Crippen molar-refractivity contribution in [1.82, 2.24) is 58.1 Å². The topological polar surface area (TPSA) is 136 Å². The Morgan fingerprint density at radius 1 is 0.230 bits per heavy atom. The van der Waals surface area contributed by atoms with E-state index < -0.39 is 0 Å². The van der Waals surface area contributed by atoms with Crippen molar-refractivity contribution >= 4 is 109 Å². The zero-order valence-electron chi connectivity index (χ0n) is 66.4. The van der Waals surface area contributed by atoms with Crippen molar-refractivity contribution in [1.29, 1.82) is 0 Å². The van der Waals surface area contributed by atoms with Crippen LogP contribution in [0.4, 0.5) is 0 Å². The van der Waals surface area contributed by atoms with Crippen molar-refractivity contribution in [2.75, 3.05) is 0 Å². The summed E-state index contributed by atoms with van der Waals surface area (Å²) >= 11 is 0. The zero-order chi connectivity index (χ0) is 80.9. The quantitative estimate of drug-likeness (QED) is 0.131. The van der Waals surface area contributed by atoms with Crippen LogP contribution in [0.25, 0.3) is 212 Å². The van der Waals surface area contributed by atoms with E-state index in [1.54, 1.807) is 0 Å². The lowest BCUT2D eigenvalue weighted by Gasteiger charge is -2.22. The number of nitrogens with zero attached hydrogens (tertiary/aromatic N) is 12. The van der Waals surface area contributed by atoms with E-state index in [1.807, 2.05) is 170 Å². The normalized spacial score (nSPS) is 12.2. The van der Waals surface area contributed by atoms with Crippen molar-refractivity contribution in [3.8, 4) is 103 Å². The van der Waals surface area contributed by atoms with Crippen LogP contribution < -0.4 is 0 Å². The average Bonchev–Trinajstić information content (AvgIpc) is 1.54. The zero-order valence-corrected chi connectivity index (χ0v) is 66.4. The van der Waals surface area contributed by atoms with E-state index in [1.165, 1.54) is 60.2 Å². The Hall–Kier alpha value is -16.4. The van der Waals surface area contributed by atoms with Crippen LogP contribution in [0.3, 0.4) is 0 Å². The van der Waals surface area contributed by atoms with Gasteiger partial charge in [-0.2, -0.15) is 19.9 Å². The summed E-state index contributed by atoms with van der Waals surface area (Å²) in [5.74, 6) is 4.44. The van der Waals surface area contributed by atoms with Crippen LogP contribution in [-0.4, -0.2) is 58.1 Å². The van der Waals surface area contributed by atoms with E-state index in [0.717, 1.165) is 122 Å². The standard InChI is InChI=1S/C39H25N5.C36H26N4.C34H21N3O/c1-4-14-26(15-5-1)37-40-38(27-16-6-2-7-17-27)42-39(41-37)44-32-23-13-11-21-30(32)36-34(44)25-24-33-35(36)29-20-10-12-22-31(29)43(33)28-18-8-3-9-19-28;1-36(2)28-19-11-9-17-25(28)26-21-22-30-31(32(26)36)27-18-10-12-20-29(27)40(30)35-38-33(23-13-5-3-6-14-23)37-34(39-35)24-15-7-4-8-16-24;1-3-11-22(12-4-1)27-21-28(23-13-5-2-6-14-23)36-34(35-27)37-29-17-9-7-16-26(29)32-30(37)20-19-25-24-15-8-10-18-31(24)38-33(25)32/h1-25H;3-22H,1-2H3;1-21H. The number of furan rings is 1. The van der Waals surface area contributed by atoms with Gasteiger partial charge in [-0.05, 0) is 101 Å². The first-order chi connectivity index (χ1) is 60.3. The summed E-state index contributed by atoms with van der Waals surface area (Å²) < 4.78 is 15.4. The molecule has 8 heterocycles. The molecule has 1 aliphatic rings. The van der Waals surface area contributed by atoms with Gasteiger partial charge in [-0.25, -0.2) is 19.9 Å². The molecular weight excluding hydrogens is 1490 g/mol. The molecule has 16 aromatic carbocycles.